The molecule has 6 heterocycles. The molecule has 3 N–H and O–H groups in total. The van der Waals surface area contributed by atoms with E-state index in [4.69, 9.17) is 15.6 Å². The van der Waals surface area contributed by atoms with E-state index < -0.39 is 11.2 Å². The number of fused-ring (bicyclic) bond motifs is 1. The highest BCUT2D eigenvalue weighted by Gasteiger charge is 2.29. The van der Waals surface area contributed by atoms with Crippen LogP contribution < -0.4 is 26.6 Å². The molecule has 3 aliphatic heterocycles. The Labute approximate surface area is 331 Å². The minimum atomic E-state index is -0.429. The molecule has 294 valence electrons. The Morgan fingerprint density at radius 1 is 0.719 bits per heavy atom. The van der Waals surface area contributed by atoms with E-state index in [1.807, 2.05) is 66.7 Å². The highest BCUT2D eigenvalue weighted by Crippen LogP contribution is 2.35. The van der Waals surface area contributed by atoms with E-state index in [0.29, 0.717) is 11.7 Å². The highest BCUT2D eigenvalue weighted by molar-refractivity contribution is 5.98. The molecule has 1 atom stereocenters. The molecule has 9 rings (SSSR count). The van der Waals surface area contributed by atoms with Gasteiger partial charge in [-0.05, 0) is 92.4 Å². The largest absolute Gasteiger partial charge is 0.457 e. The fourth-order valence-corrected chi connectivity index (χ4v) is 8.69. The van der Waals surface area contributed by atoms with Crippen molar-refractivity contribution in [1.82, 2.24) is 44.0 Å². The van der Waals surface area contributed by atoms with Crippen molar-refractivity contribution in [1.29, 1.82) is 0 Å². The first-order chi connectivity index (χ1) is 27.9. The van der Waals surface area contributed by atoms with Gasteiger partial charge in [-0.2, -0.15) is 5.10 Å². The Morgan fingerprint density at radius 2 is 1.42 bits per heavy atom. The number of anilines is 2. The van der Waals surface area contributed by atoms with Crippen molar-refractivity contribution in [3.8, 4) is 28.4 Å². The van der Waals surface area contributed by atoms with E-state index in [-0.39, 0.29) is 6.04 Å². The van der Waals surface area contributed by atoms with Crippen LogP contribution in [0, 0.1) is 5.92 Å². The lowest BCUT2D eigenvalue weighted by Crippen LogP contribution is -2.48. The molecule has 6 aromatic rings. The van der Waals surface area contributed by atoms with Gasteiger partial charge in [-0.1, -0.05) is 18.2 Å². The number of para-hydroxylation sites is 1. The fourth-order valence-electron chi connectivity index (χ4n) is 8.69. The van der Waals surface area contributed by atoms with Crippen LogP contribution in [0.15, 0.2) is 107 Å². The van der Waals surface area contributed by atoms with Crippen LogP contribution in [0.5, 0.6) is 11.5 Å². The quantitative estimate of drug-likeness (QED) is 0.192. The number of hydrogen-bond acceptors (Lipinski definition) is 11. The average molecular weight is 768 g/mol. The van der Waals surface area contributed by atoms with Crippen molar-refractivity contribution in [2.75, 3.05) is 82.6 Å². The van der Waals surface area contributed by atoms with E-state index in [1.54, 1.807) is 6.33 Å². The van der Waals surface area contributed by atoms with E-state index >= 15 is 0 Å². The van der Waals surface area contributed by atoms with Gasteiger partial charge in [-0.3, -0.25) is 19.2 Å². The number of hydrogen-bond donors (Lipinski definition) is 2. The molecular formula is C43H49N11O3. The number of piperazine rings is 1. The molecule has 3 aromatic heterocycles. The third-order valence-electron chi connectivity index (χ3n) is 11.8. The van der Waals surface area contributed by atoms with Crippen LogP contribution >= 0.6 is 0 Å². The minimum absolute atomic E-state index is 0.247. The Bertz CT molecular complexity index is 2400. The summed E-state index contributed by atoms with van der Waals surface area (Å²) in [6.07, 6.45) is 6.34. The lowest BCUT2D eigenvalue weighted by Gasteiger charge is -2.37. The zero-order chi connectivity index (χ0) is 38.7. The molecule has 14 heteroatoms. The van der Waals surface area contributed by atoms with Gasteiger partial charge in [0.15, 0.2) is 5.65 Å². The monoisotopic (exact) mass is 767 g/mol. The van der Waals surface area contributed by atoms with E-state index in [9.17, 15) is 9.59 Å². The smallest absolute Gasteiger partial charge is 0.332 e. The van der Waals surface area contributed by atoms with Gasteiger partial charge < -0.3 is 25.2 Å². The van der Waals surface area contributed by atoms with Gasteiger partial charge in [-0.25, -0.2) is 19.4 Å². The minimum Gasteiger partial charge on any atom is -0.457 e. The summed E-state index contributed by atoms with van der Waals surface area (Å²) in [5.41, 5.74) is 10.1. The Morgan fingerprint density at radius 3 is 2.18 bits per heavy atom. The third-order valence-corrected chi connectivity index (χ3v) is 11.8. The van der Waals surface area contributed by atoms with Crippen LogP contribution in [0.1, 0.15) is 25.3 Å². The van der Waals surface area contributed by atoms with Crippen LogP contribution in [0.25, 0.3) is 28.0 Å². The SMILES string of the molecule is Nc1ncnc2c1c(-c1ccc(Oc3ccccc3)cc1)nn2C1CCN(CCN2CCC(CN3CCN(c4ccc(-n5ccc(=O)[nH]c5=O)cc4)CC3)C2)CC1. The molecule has 0 spiro atoms. The Hall–Kier alpha value is -5.83. The summed E-state index contributed by atoms with van der Waals surface area (Å²) in [6.45, 7) is 11.8. The molecule has 0 radical (unpaired) electrons. The Balaban J connectivity index is 0.733. The molecule has 0 bridgehead atoms. The van der Waals surface area contributed by atoms with Gasteiger partial charge in [0.1, 0.15) is 29.3 Å². The van der Waals surface area contributed by atoms with Gasteiger partial charge in [0.2, 0.25) is 0 Å². The summed E-state index contributed by atoms with van der Waals surface area (Å²) >= 11 is 0. The molecule has 3 saturated heterocycles. The first-order valence-electron chi connectivity index (χ1n) is 20.1. The molecule has 3 fully saturated rings. The van der Waals surface area contributed by atoms with Crippen LogP contribution in [0.2, 0.25) is 0 Å². The molecule has 0 amide bonds. The number of aromatic nitrogens is 6. The first-order valence-corrected chi connectivity index (χ1v) is 20.1. The number of likely N-dealkylation sites (tertiary alicyclic amines) is 2. The number of nitrogens with zero attached hydrogens (tertiary/aromatic N) is 9. The lowest BCUT2D eigenvalue weighted by molar-refractivity contribution is 0.159. The molecule has 3 aromatic carbocycles. The van der Waals surface area contributed by atoms with Crippen molar-refractivity contribution in [3.63, 3.8) is 0 Å². The van der Waals surface area contributed by atoms with Crippen LogP contribution in [0.4, 0.5) is 11.5 Å². The predicted molar refractivity (Wildman–Crippen MR) is 222 cm³/mol. The number of nitrogen functional groups attached to an aromatic ring is 1. The van der Waals surface area contributed by atoms with Crippen LogP contribution in [0.3, 0.4) is 0 Å². The normalized spacial score (nSPS) is 18.7. The highest BCUT2D eigenvalue weighted by atomic mass is 16.5. The molecule has 14 nitrogen and oxygen atoms in total. The first kappa shape index (κ1) is 36.8. The van der Waals surface area contributed by atoms with Crippen molar-refractivity contribution >= 4 is 22.5 Å². The summed E-state index contributed by atoms with van der Waals surface area (Å²) in [5, 5.41) is 5.93. The van der Waals surface area contributed by atoms with Gasteiger partial charge in [-0.15, -0.1) is 0 Å². The van der Waals surface area contributed by atoms with Crippen LogP contribution in [-0.2, 0) is 0 Å². The zero-order valence-electron chi connectivity index (χ0n) is 32.1. The number of H-pyrrole nitrogens is 1. The second-order valence-electron chi connectivity index (χ2n) is 15.5. The molecule has 57 heavy (non-hydrogen) atoms. The molecule has 0 aliphatic carbocycles. The van der Waals surface area contributed by atoms with Crippen molar-refractivity contribution in [2.24, 2.45) is 5.92 Å². The number of aromatic amines is 1. The second kappa shape index (κ2) is 16.3. The lowest BCUT2D eigenvalue weighted by atomic mass is 10.1. The topological polar surface area (TPSA) is 147 Å². The van der Waals surface area contributed by atoms with Crippen molar-refractivity contribution < 1.29 is 4.74 Å². The summed E-state index contributed by atoms with van der Waals surface area (Å²) in [6, 6.07) is 27.3. The maximum atomic E-state index is 12.2. The molecular weight excluding hydrogens is 719 g/mol. The summed E-state index contributed by atoms with van der Waals surface area (Å²) in [4.78, 5) is 45.2. The molecule has 0 saturated carbocycles. The van der Waals surface area contributed by atoms with E-state index in [2.05, 4.69) is 51.4 Å². The number of benzene rings is 3. The maximum Gasteiger partial charge on any atom is 0.332 e. The number of piperidine rings is 1. The van der Waals surface area contributed by atoms with Gasteiger partial charge in [0, 0.05) is 89.0 Å². The van der Waals surface area contributed by atoms with Crippen molar-refractivity contribution in [3.05, 3.63) is 118 Å². The van der Waals surface area contributed by atoms with Crippen LogP contribution in [-0.4, -0.2) is 116 Å². The summed E-state index contributed by atoms with van der Waals surface area (Å²) < 4.78 is 9.56. The Kier molecular flexibility index (Phi) is 10.5. The van der Waals surface area contributed by atoms with Gasteiger partial charge >= 0.3 is 5.69 Å². The number of rotatable bonds is 11. The zero-order valence-corrected chi connectivity index (χ0v) is 32.1. The fraction of sp³-hybridized carbons (Fsp3) is 0.372. The predicted octanol–water partition coefficient (Wildman–Crippen LogP) is 4.49. The standard InChI is InChI=1S/C43H49N11O3/c44-41-39-40(32-6-12-37(13-7-32)57-36-4-2-1-3-5-36)48-54(42(39)46-30-45-41)35-15-19-49(20-16-35)22-23-50-18-14-31(28-50)29-51-24-26-52(27-25-51)33-8-10-34(11-9-33)53-21-17-38(55)47-43(53)56/h1-13,17,21,30-31,35H,14-16,18-20,22-29H2,(H2,44,45,46)(H,47,55,56). The van der Waals surface area contributed by atoms with E-state index in [1.165, 1.54) is 36.3 Å². The van der Waals surface area contributed by atoms with Crippen molar-refractivity contribution in [2.45, 2.75) is 25.3 Å². The summed E-state index contributed by atoms with van der Waals surface area (Å²) in [7, 11) is 0. The van der Waals surface area contributed by atoms with E-state index in [0.717, 1.165) is 117 Å². The molecule has 3 aliphatic rings. The summed E-state index contributed by atoms with van der Waals surface area (Å²) in [5.74, 6) is 2.71. The second-order valence-corrected chi connectivity index (χ2v) is 15.5. The number of ether oxygens (including phenoxy) is 1. The molecule has 1 unspecified atom stereocenters. The van der Waals surface area contributed by atoms with Gasteiger partial charge in [0.25, 0.3) is 5.56 Å². The number of nitrogens with two attached hydrogens (primary N) is 1. The third kappa shape index (κ3) is 8.20. The number of nitrogens with one attached hydrogen (secondary N) is 1. The average Bonchev–Trinajstić information content (AvgIpc) is 3.87. The maximum absolute atomic E-state index is 12.2. The van der Waals surface area contributed by atoms with Gasteiger partial charge in [0.05, 0.1) is 17.1 Å².